The van der Waals surface area contributed by atoms with Gasteiger partial charge >= 0.3 is 0 Å². The molecule has 0 saturated heterocycles. The topological polar surface area (TPSA) is 49.2 Å². The lowest BCUT2D eigenvalue weighted by Gasteiger charge is -2.23. The molecule has 0 saturated carbocycles. The van der Waals surface area contributed by atoms with Crippen molar-refractivity contribution >= 4 is 0 Å². The van der Waals surface area contributed by atoms with Crippen LogP contribution in [0, 0.1) is 6.92 Å². The number of hydrogen-bond acceptors (Lipinski definition) is 4. The van der Waals surface area contributed by atoms with Gasteiger partial charge in [-0.15, -0.1) is 10.2 Å². The van der Waals surface area contributed by atoms with E-state index in [1.165, 1.54) is 0 Å². The Bertz CT molecular complexity index is 642. The van der Waals surface area contributed by atoms with Crippen molar-refractivity contribution in [1.82, 2.24) is 14.8 Å². The second-order valence-electron chi connectivity index (χ2n) is 6.31. The van der Waals surface area contributed by atoms with E-state index in [2.05, 4.69) is 42.5 Å². The molecular formula is C17H25N3O2. The molecular weight excluding hydrogens is 278 g/mol. The average Bonchev–Trinajstić information content (AvgIpc) is 2.84. The van der Waals surface area contributed by atoms with Crippen molar-refractivity contribution in [2.75, 3.05) is 7.11 Å². The number of hydrogen-bond donors (Lipinski definition) is 0. The molecule has 0 amide bonds. The summed E-state index contributed by atoms with van der Waals surface area (Å²) in [6.07, 6.45) is 0. The summed E-state index contributed by atoms with van der Waals surface area (Å²) in [5.41, 5.74) is 1.09. The second kappa shape index (κ2) is 6.38. The molecule has 0 atom stereocenters. The minimum atomic E-state index is -0.0295. The summed E-state index contributed by atoms with van der Waals surface area (Å²) in [7, 11) is 1.68. The summed E-state index contributed by atoms with van der Waals surface area (Å²) in [6, 6.07) is 5.91. The summed E-state index contributed by atoms with van der Waals surface area (Å²) in [4.78, 5) is 0. The minimum Gasteiger partial charge on any atom is -0.497 e. The number of methoxy groups -OCH3 is 1. The van der Waals surface area contributed by atoms with Crippen LogP contribution in [0.3, 0.4) is 0 Å². The van der Waals surface area contributed by atoms with Crippen molar-refractivity contribution < 1.29 is 9.47 Å². The van der Waals surface area contributed by atoms with Crippen LogP contribution in [0.1, 0.15) is 44.9 Å². The van der Waals surface area contributed by atoms with Gasteiger partial charge in [-0.05, 0) is 37.5 Å². The van der Waals surface area contributed by atoms with Crippen LogP contribution >= 0.6 is 0 Å². The van der Waals surface area contributed by atoms with Gasteiger partial charge in [0, 0.05) is 12.1 Å². The Morgan fingerprint density at radius 2 is 1.91 bits per heavy atom. The van der Waals surface area contributed by atoms with Crippen molar-refractivity contribution in [1.29, 1.82) is 0 Å². The molecule has 0 radical (unpaired) electrons. The molecule has 5 nitrogen and oxygen atoms in total. The van der Waals surface area contributed by atoms with E-state index < -0.39 is 0 Å². The number of ether oxygens (including phenoxy) is 2. The van der Waals surface area contributed by atoms with Crippen LogP contribution in [0.15, 0.2) is 18.2 Å². The summed E-state index contributed by atoms with van der Waals surface area (Å²) in [5.74, 6) is 3.45. The zero-order valence-electron chi connectivity index (χ0n) is 14.3. The van der Waals surface area contributed by atoms with Gasteiger partial charge < -0.3 is 14.0 Å². The molecule has 22 heavy (non-hydrogen) atoms. The Morgan fingerprint density at radius 1 is 1.18 bits per heavy atom. The number of nitrogens with zero attached hydrogens (tertiary/aromatic N) is 3. The van der Waals surface area contributed by atoms with Gasteiger partial charge in [-0.3, -0.25) is 0 Å². The van der Waals surface area contributed by atoms with E-state index in [-0.39, 0.29) is 5.41 Å². The lowest BCUT2D eigenvalue weighted by Crippen LogP contribution is -2.14. The number of aromatic nitrogens is 3. The Kier molecular flexibility index (Phi) is 4.74. The molecule has 1 aromatic heterocycles. The molecule has 0 unspecified atom stereocenters. The fourth-order valence-electron chi connectivity index (χ4n) is 2.43. The number of benzene rings is 1. The van der Waals surface area contributed by atoms with Gasteiger partial charge in [0.25, 0.3) is 0 Å². The van der Waals surface area contributed by atoms with E-state index in [4.69, 9.17) is 9.47 Å². The standard InChI is InChI=1S/C17H25N3O2/c1-7-20-12(2)18-19-16(20)11-22-15-9-8-13(21-6)10-14(15)17(3,4)5/h8-10H,7,11H2,1-6H3. The summed E-state index contributed by atoms with van der Waals surface area (Å²) >= 11 is 0. The lowest BCUT2D eigenvalue weighted by atomic mass is 9.86. The molecule has 0 bridgehead atoms. The molecule has 2 rings (SSSR count). The summed E-state index contributed by atoms with van der Waals surface area (Å²) in [5, 5.41) is 8.30. The molecule has 0 N–H and O–H groups in total. The first-order valence-corrected chi connectivity index (χ1v) is 7.56. The molecule has 0 fully saturated rings. The Balaban J connectivity index is 2.26. The first-order valence-electron chi connectivity index (χ1n) is 7.56. The first-order chi connectivity index (χ1) is 10.4. The zero-order valence-corrected chi connectivity index (χ0v) is 14.3. The monoisotopic (exact) mass is 303 g/mol. The summed E-state index contributed by atoms with van der Waals surface area (Å²) < 4.78 is 13.4. The largest absolute Gasteiger partial charge is 0.497 e. The van der Waals surface area contributed by atoms with Crippen LogP contribution in [0.2, 0.25) is 0 Å². The van der Waals surface area contributed by atoms with Crippen molar-refractivity contribution in [3.8, 4) is 11.5 Å². The normalized spacial score (nSPS) is 11.5. The van der Waals surface area contributed by atoms with Gasteiger partial charge in [-0.2, -0.15) is 0 Å². The van der Waals surface area contributed by atoms with Crippen molar-refractivity contribution in [2.24, 2.45) is 0 Å². The van der Waals surface area contributed by atoms with Gasteiger partial charge in [-0.1, -0.05) is 20.8 Å². The Hall–Kier alpha value is -2.04. The second-order valence-corrected chi connectivity index (χ2v) is 6.31. The predicted octanol–water partition coefficient (Wildman–Crippen LogP) is 3.49. The quantitative estimate of drug-likeness (QED) is 0.848. The van der Waals surface area contributed by atoms with Crippen molar-refractivity contribution in [3.05, 3.63) is 35.4 Å². The fourth-order valence-corrected chi connectivity index (χ4v) is 2.43. The van der Waals surface area contributed by atoms with E-state index in [0.29, 0.717) is 6.61 Å². The van der Waals surface area contributed by atoms with Crippen LogP contribution in [-0.2, 0) is 18.6 Å². The van der Waals surface area contributed by atoms with Crippen molar-refractivity contribution in [3.63, 3.8) is 0 Å². The summed E-state index contributed by atoms with van der Waals surface area (Å²) in [6.45, 7) is 11.8. The van der Waals surface area contributed by atoms with Crippen LogP contribution in [0.4, 0.5) is 0 Å². The maximum absolute atomic E-state index is 6.03. The molecule has 120 valence electrons. The zero-order chi connectivity index (χ0) is 16.3. The molecule has 0 aliphatic carbocycles. The highest BCUT2D eigenvalue weighted by Gasteiger charge is 2.20. The molecule has 1 aromatic carbocycles. The predicted molar refractivity (Wildman–Crippen MR) is 86.5 cm³/mol. The van der Waals surface area contributed by atoms with E-state index in [0.717, 1.165) is 35.3 Å². The van der Waals surface area contributed by atoms with Crippen LogP contribution in [-0.4, -0.2) is 21.9 Å². The molecule has 1 heterocycles. The number of rotatable bonds is 5. The maximum atomic E-state index is 6.03. The molecule has 0 aliphatic heterocycles. The van der Waals surface area contributed by atoms with Gasteiger partial charge in [0.15, 0.2) is 5.82 Å². The van der Waals surface area contributed by atoms with E-state index in [1.54, 1.807) is 7.11 Å². The van der Waals surface area contributed by atoms with Crippen molar-refractivity contribution in [2.45, 2.75) is 53.2 Å². The molecule has 0 aliphatic rings. The minimum absolute atomic E-state index is 0.0295. The smallest absolute Gasteiger partial charge is 0.171 e. The third-order valence-corrected chi connectivity index (χ3v) is 3.68. The average molecular weight is 303 g/mol. The van der Waals surface area contributed by atoms with Gasteiger partial charge in [-0.25, -0.2) is 0 Å². The fraction of sp³-hybridized carbons (Fsp3) is 0.529. The highest BCUT2D eigenvalue weighted by molar-refractivity contribution is 5.44. The lowest BCUT2D eigenvalue weighted by molar-refractivity contribution is 0.280. The highest BCUT2D eigenvalue weighted by atomic mass is 16.5. The Morgan fingerprint density at radius 3 is 2.50 bits per heavy atom. The molecule has 0 spiro atoms. The third-order valence-electron chi connectivity index (χ3n) is 3.68. The van der Waals surface area contributed by atoms with Crippen LogP contribution < -0.4 is 9.47 Å². The SMILES string of the molecule is CCn1c(C)nnc1COc1ccc(OC)cc1C(C)(C)C. The van der Waals surface area contributed by atoms with Crippen LogP contribution in [0.25, 0.3) is 0 Å². The van der Waals surface area contributed by atoms with Gasteiger partial charge in [0.2, 0.25) is 0 Å². The third kappa shape index (κ3) is 3.40. The molecule has 5 heteroatoms. The van der Waals surface area contributed by atoms with E-state index in [1.807, 2.05) is 25.1 Å². The highest BCUT2D eigenvalue weighted by Crippen LogP contribution is 2.34. The van der Waals surface area contributed by atoms with Crippen LogP contribution in [0.5, 0.6) is 11.5 Å². The Labute approximate surface area is 132 Å². The number of aryl methyl sites for hydroxylation is 1. The van der Waals surface area contributed by atoms with E-state index >= 15 is 0 Å². The first kappa shape index (κ1) is 16.3. The molecule has 2 aromatic rings. The maximum Gasteiger partial charge on any atom is 0.171 e. The van der Waals surface area contributed by atoms with Gasteiger partial charge in [0.1, 0.15) is 23.9 Å². The van der Waals surface area contributed by atoms with E-state index in [9.17, 15) is 0 Å². The van der Waals surface area contributed by atoms with Gasteiger partial charge in [0.05, 0.1) is 7.11 Å².